The lowest BCUT2D eigenvalue weighted by atomic mass is 10.0. The van der Waals surface area contributed by atoms with Gasteiger partial charge < -0.3 is 10.2 Å². The highest BCUT2D eigenvalue weighted by Gasteiger charge is 2.36. The highest BCUT2D eigenvalue weighted by atomic mass is 79.9. The highest BCUT2D eigenvalue weighted by Crippen LogP contribution is 2.37. The number of halogens is 1. The summed E-state index contributed by atoms with van der Waals surface area (Å²) in [4.78, 5) is 44.7. The number of nitrogens with zero attached hydrogens (tertiary/aromatic N) is 2. The first-order valence-corrected chi connectivity index (χ1v) is 14.4. The molecule has 0 saturated heterocycles. The van der Waals surface area contributed by atoms with Crippen molar-refractivity contribution in [3.63, 3.8) is 0 Å². The standard InChI is InChI=1S/C33H32BrN3O3/c1-3-22(2)35-32(39)29(19-23-10-5-4-6-11-23)36(20-24-12-7-15-26(34)18-24)30(38)21-37-28-17-9-14-25-13-8-16-27(31(25)28)33(37)40/h4-18,22,29H,3,19-21H2,1-2H3,(H,35,39). The Labute approximate surface area is 243 Å². The van der Waals surface area contributed by atoms with Gasteiger partial charge in [-0.1, -0.05) is 89.6 Å². The lowest BCUT2D eigenvalue weighted by molar-refractivity contribution is -0.140. The highest BCUT2D eigenvalue weighted by molar-refractivity contribution is 9.10. The first-order chi connectivity index (χ1) is 19.4. The molecule has 0 aromatic heterocycles. The summed E-state index contributed by atoms with van der Waals surface area (Å²) in [7, 11) is 0. The maximum absolute atomic E-state index is 14.2. The van der Waals surface area contributed by atoms with E-state index in [1.165, 1.54) is 0 Å². The fourth-order valence-corrected chi connectivity index (χ4v) is 5.64. The Hall–Kier alpha value is -3.97. The Balaban J connectivity index is 1.51. The summed E-state index contributed by atoms with van der Waals surface area (Å²) in [5.41, 5.74) is 3.15. The molecule has 0 fully saturated rings. The molecule has 6 nitrogen and oxygen atoms in total. The number of hydrogen-bond acceptors (Lipinski definition) is 3. The van der Waals surface area contributed by atoms with Gasteiger partial charge in [-0.15, -0.1) is 0 Å². The zero-order valence-corrected chi connectivity index (χ0v) is 24.2. The molecule has 2 unspecified atom stereocenters. The van der Waals surface area contributed by atoms with Crippen LogP contribution < -0.4 is 10.2 Å². The maximum Gasteiger partial charge on any atom is 0.259 e. The van der Waals surface area contributed by atoms with Gasteiger partial charge in [-0.05, 0) is 54.1 Å². The second-order valence-corrected chi connectivity index (χ2v) is 11.2. The van der Waals surface area contributed by atoms with Crippen molar-refractivity contribution in [3.05, 3.63) is 112 Å². The van der Waals surface area contributed by atoms with E-state index in [-0.39, 0.29) is 36.9 Å². The van der Waals surface area contributed by atoms with E-state index < -0.39 is 6.04 Å². The van der Waals surface area contributed by atoms with Crippen LogP contribution >= 0.6 is 15.9 Å². The smallest absolute Gasteiger partial charge is 0.259 e. The number of benzene rings is 4. The third-order valence-electron chi connectivity index (χ3n) is 7.46. The molecule has 4 aromatic rings. The largest absolute Gasteiger partial charge is 0.352 e. The van der Waals surface area contributed by atoms with Crippen LogP contribution in [0.15, 0.2) is 95.5 Å². The molecule has 2 atom stereocenters. The van der Waals surface area contributed by atoms with E-state index in [4.69, 9.17) is 0 Å². The van der Waals surface area contributed by atoms with Crippen molar-refractivity contribution >= 4 is 50.1 Å². The van der Waals surface area contributed by atoms with E-state index in [0.717, 1.165) is 38.5 Å². The van der Waals surface area contributed by atoms with E-state index in [1.807, 2.05) is 98.8 Å². The fraction of sp³-hybridized carbons (Fsp3) is 0.242. The third kappa shape index (κ3) is 5.80. The van der Waals surface area contributed by atoms with Gasteiger partial charge in [0.15, 0.2) is 0 Å². The molecule has 0 saturated carbocycles. The van der Waals surface area contributed by atoms with Gasteiger partial charge in [0.25, 0.3) is 5.91 Å². The lowest BCUT2D eigenvalue weighted by Gasteiger charge is -2.33. The molecule has 5 rings (SSSR count). The zero-order valence-electron chi connectivity index (χ0n) is 22.6. The van der Waals surface area contributed by atoms with Crippen LogP contribution in [0.5, 0.6) is 0 Å². The predicted octanol–water partition coefficient (Wildman–Crippen LogP) is 6.12. The van der Waals surface area contributed by atoms with E-state index in [1.54, 1.807) is 15.9 Å². The molecule has 0 aliphatic carbocycles. The van der Waals surface area contributed by atoms with Crippen LogP contribution in [0.3, 0.4) is 0 Å². The number of hydrogen-bond donors (Lipinski definition) is 1. The van der Waals surface area contributed by atoms with Crippen molar-refractivity contribution in [1.29, 1.82) is 0 Å². The minimum absolute atomic E-state index is 0.0409. The summed E-state index contributed by atoms with van der Waals surface area (Å²) in [5.74, 6) is -0.704. The van der Waals surface area contributed by atoms with Gasteiger partial charge in [0.1, 0.15) is 12.6 Å². The van der Waals surface area contributed by atoms with Crippen LogP contribution in [0.25, 0.3) is 10.8 Å². The topological polar surface area (TPSA) is 69.7 Å². The van der Waals surface area contributed by atoms with Gasteiger partial charge in [0.2, 0.25) is 11.8 Å². The van der Waals surface area contributed by atoms with Crippen molar-refractivity contribution in [2.45, 2.75) is 45.3 Å². The third-order valence-corrected chi connectivity index (χ3v) is 7.95. The number of carbonyl (C=O) groups excluding carboxylic acids is 3. The van der Waals surface area contributed by atoms with Crippen molar-refractivity contribution in [2.75, 3.05) is 11.4 Å². The quantitative estimate of drug-likeness (QED) is 0.239. The van der Waals surface area contributed by atoms with Gasteiger partial charge in [0, 0.05) is 34.4 Å². The average Bonchev–Trinajstić information content (AvgIpc) is 3.23. The van der Waals surface area contributed by atoms with Crippen LogP contribution in [0.2, 0.25) is 0 Å². The van der Waals surface area contributed by atoms with Crippen molar-refractivity contribution in [1.82, 2.24) is 10.2 Å². The Morgan fingerprint density at radius 2 is 1.62 bits per heavy atom. The van der Waals surface area contributed by atoms with Gasteiger partial charge in [0.05, 0.1) is 5.69 Å². The van der Waals surface area contributed by atoms with E-state index in [9.17, 15) is 14.4 Å². The van der Waals surface area contributed by atoms with Crippen LogP contribution in [0.4, 0.5) is 5.69 Å². The summed E-state index contributed by atoms with van der Waals surface area (Å²) < 4.78 is 0.887. The summed E-state index contributed by atoms with van der Waals surface area (Å²) in [6.45, 7) is 4.03. The number of carbonyl (C=O) groups is 3. The number of rotatable bonds is 10. The lowest BCUT2D eigenvalue weighted by Crippen LogP contribution is -2.54. The van der Waals surface area contributed by atoms with Crippen LogP contribution in [0, 0.1) is 0 Å². The van der Waals surface area contributed by atoms with E-state index >= 15 is 0 Å². The Morgan fingerprint density at radius 1 is 0.925 bits per heavy atom. The summed E-state index contributed by atoms with van der Waals surface area (Å²) in [6, 6.07) is 28.0. The molecule has 4 aromatic carbocycles. The molecule has 1 heterocycles. The fourth-order valence-electron chi connectivity index (χ4n) is 5.19. The Morgan fingerprint density at radius 3 is 2.35 bits per heavy atom. The normalized spacial score (nSPS) is 13.8. The molecule has 7 heteroatoms. The molecule has 1 aliphatic rings. The minimum atomic E-state index is -0.765. The molecule has 3 amide bonds. The van der Waals surface area contributed by atoms with Gasteiger partial charge in [-0.25, -0.2) is 0 Å². The number of nitrogens with one attached hydrogen (secondary N) is 1. The van der Waals surface area contributed by atoms with Crippen LogP contribution in [-0.4, -0.2) is 41.2 Å². The Kier molecular flexibility index (Phi) is 8.31. The average molecular weight is 599 g/mol. The molecule has 1 N–H and O–H groups in total. The van der Waals surface area contributed by atoms with Gasteiger partial charge in [-0.3, -0.25) is 19.3 Å². The Bertz CT molecular complexity index is 1550. The molecular weight excluding hydrogens is 566 g/mol. The van der Waals surface area contributed by atoms with E-state index in [0.29, 0.717) is 12.0 Å². The van der Waals surface area contributed by atoms with Crippen molar-refractivity contribution < 1.29 is 14.4 Å². The second-order valence-electron chi connectivity index (χ2n) is 10.2. The molecule has 1 aliphatic heterocycles. The van der Waals surface area contributed by atoms with Gasteiger partial charge in [-0.2, -0.15) is 0 Å². The predicted molar refractivity (Wildman–Crippen MR) is 162 cm³/mol. The first-order valence-electron chi connectivity index (χ1n) is 13.6. The van der Waals surface area contributed by atoms with E-state index in [2.05, 4.69) is 21.2 Å². The summed E-state index contributed by atoms with van der Waals surface area (Å²) >= 11 is 3.53. The molecular formula is C33H32BrN3O3. The van der Waals surface area contributed by atoms with Crippen LogP contribution in [0.1, 0.15) is 41.8 Å². The molecule has 0 radical (unpaired) electrons. The molecule has 204 valence electrons. The second kappa shape index (κ2) is 12.0. The monoisotopic (exact) mass is 597 g/mol. The first kappa shape index (κ1) is 27.6. The molecule has 0 bridgehead atoms. The molecule has 0 spiro atoms. The minimum Gasteiger partial charge on any atom is -0.352 e. The summed E-state index contributed by atoms with van der Waals surface area (Å²) in [6.07, 6.45) is 1.13. The number of anilines is 1. The number of amides is 3. The van der Waals surface area contributed by atoms with Gasteiger partial charge >= 0.3 is 0 Å². The summed E-state index contributed by atoms with van der Waals surface area (Å²) in [5, 5.41) is 4.91. The molecule has 40 heavy (non-hydrogen) atoms. The van der Waals surface area contributed by atoms with Crippen molar-refractivity contribution in [2.24, 2.45) is 0 Å². The zero-order chi connectivity index (χ0) is 28.2. The van der Waals surface area contributed by atoms with Crippen LogP contribution in [-0.2, 0) is 22.6 Å². The van der Waals surface area contributed by atoms with Crippen molar-refractivity contribution in [3.8, 4) is 0 Å². The maximum atomic E-state index is 14.2. The SMILES string of the molecule is CCC(C)NC(=O)C(Cc1ccccc1)N(Cc1cccc(Br)c1)C(=O)CN1C(=O)c2cccc3cccc1c23.